The minimum Gasteiger partial charge on any atom is -0.314 e. The summed E-state index contributed by atoms with van der Waals surface area (Å²) in [6, 6.07) is 2.08. The topological polar surface area (TPSA) is 30.5 Å². The van der Waals surface area contributed by atoms with E-state index in [2.05, 4.69) is 55.1 Å². The smallest absolute Gasteiger partial charge is 0.0299 e. The zero-order chi connectivity index (χ0) is 15.8. The molecule has 4 aliphatic rings. The lowest BCUT2D eigenvalue weighted by Crippen LogP contribution is -2.62. The number of hydrogen-bond acceptors (Lipinski definition) is 4. The fourth-order valence-corrected chi connectivity index (χ4v) is 6.10. The molecule has 2 N–H and O–H groups in total. The van der Waals surface area contributed by atoms with Crippen molar-refractivity contribution in [3.05, 3.63) is 0 Å². The molecule has 0 saturated carbocycles. The number of nitrogens with one attached hydrogen (secondary N) is 2. The standard InChI is InChI=1S/C18H34N4/c1-16(2,3)21-10-13-8-18(14(11-21)20-13)12-17(4,5)22-7-6-19-9-15(18)22/h13-15,19-20H,6-12H2,1-5H3. The Morgan fingerprint density at radius 2 is 1.91 bits per heavy atom. The van der Waals surface area contributed by atoms with Gasteiger partial charge in [-0.3, -0.25) is 9.80 Å². The number of hydrogen-bond donors (Lipinski definition) is 2. The first-order valence-corrected chi connectivity index (χ1v) is 9.21. The molecule has 0 aliphatic carbocycles. The molecule has 4 unspecified atom stereocenters. The first kappa shape index (κ1) is 15.4. The molecule has 0 aromatic carbocycles. The predicted octanol–water partition coefficient (Wildman–Crippen LogP) is 1.27. The zero-order valence-corrected chi connectivity index (χ0v) is 15.1. The quantitative estimate of drug-likeness (QED) is 0.706. The zero-order valence-electron chi connectivity index (χ0n) is 15.1. The number of fused-ring (bicyclic) bond motifs is 5. The Morgan fingerprint density at radius 1 is 1.14 bits per heavy atom. The summed E-state index contributed by atoms with van der Waals surface area (Å²) in [6.45, 7) is 18.1. The first-order valence-electron chi connectivity index (χ1n) is 9.21. The highest BCUT2D eigenvalue weighted by atomic mass is 15.3. The van der Waals surface area contributed by atoms with E-state index in [0.29, 0.717) is 28.6 Å². The van der Waals surface area contributed by atoms with Crippen LogP contribution in [-0.2, 0) is 0 Å². The molecule has 1 spiro atoms. The molecule has 4 atom stereocenters. The van der Waals surface area contributed by atoms with Crippen molar-refractivity contribution in [1.82, 2.24) is 20.4 Å². The Balaban J connectivity index is 1.65. The van der Waals surface area contributed by atoms with Gasteiger partial charge in [0, 0.05) is 67.3 Å². The largest absolute Gasteiger partial charge is 0.314 e. The van der Waals surface area contributed by atoms with Crippen LogP contribution >= 0.6 is 0 Å². The SMILES string of the molecule is CC(C)(C)N1CC2CC3(CC(C)(C)N4CCNCC43)C(C1)N2. The van der Waals surface area contributed by atoms with Crippen molar-refractivity contribution in [2.24, 2.45) is 5.41 Å². The lowest BCUT2D eigenvalue weighted by Gasteiger charge is -2.46. The number of likely N-dealkylation sites (tertiary alicyclic amines) is 1. The van der Waals surface area contributed by atoms with E-state index in [-0.39, 0.29) is 0 Å². The second-order valence-corrected chi connectivity index (χ2v) is 9.83. The van der Waals surface area contributed by atoms with Crippen molar-refractivity contribution in [1.29, 1.82) is 0 Å². The monoisotopic (exact) mass is 306 g/mol. The van der Waals surface area contributed by atoms with Crippen LogP contribution in [0.5, 0.6) is 0 Å². The summed E-state index contributed by atoms with van der Waals surface area (Å²) < 4.78 is 0. The molecule has 4 fully saturated rings. The highest BCUT2D eigenvalue weighted by Crippen LogP contribution is 2.55. The minimum atomic E-state index is 0.294. The average molecular weight is 306 g/mol. The molecule has 4 heteroatoms. The van der Waals surface area contributed by atoms with Gasteiger partial charge in [0.05, 0.1) is 0 Å². The molecule has 0 amide bonds. The third-order valence-electron chi connectivity index (χ3n) is 7.00. The maximum Gasteiger partial charge on any atom is 0.0299 e. The van der Waals surface area contributed by atoms with E-state index in [1.54, 1.807) is 0 Å². The van der Waals surface area contributed by atoms with Crippen molar-refractivity contribution in [2.45, 2.75) is 76.7 Å². The Bertz CT molecular complexity index is 454. The molecular weight excluding hydrogens is 272 g/mol. The van der Waals surface area contributed by atoms with Gasteiger partial charge in [0.25, 0.3) is 0 Å². The van der Waals surface area contributed by atoms with Gasteiger partial charge in [-0.25, -0.2) is 0 Å². The number of rotatable bonds is 0. The van der Waals surface area contributed by atoms with Crippen LogP contribution < -0.4 is 10.6 Å². The van der Waals surface area contributed by atoms with Gasteiger partial charge in [-0.2, -0.15) is 0 Å². The fourth-order valence-electron chi connectivity index (χ4n) is 6.10. The molecule has 4 aliphatic heterocycles. The second-order valence-electron chi connectivity index (χ2n) is 9.83. The summed E-state index contributed by atoms with van der Waals surface area (Å²) in [5.74, 6) is 0. The Morgan fingerprint density at radius 3 is 2.64 bits per heavy atom. The fraction of sp³-hybridized carbons (Fsp3) is 1.00. The van der Waals surface area contributed by atoms with E-state index in [9.17, 15) is 0 Å². The summed E-state index contributed by atoms with van der Waals surface area (Å²) in [6.07, 6.45) is 2.73. The van der Waals surface area contributed by atoms with Crippen molar-refractivity contribution in [3.63, 3.8) is 0 Å². The van der Waals surface area contributed by atoms with Crippen molar-refractivity contribution in [3.8, 4) is 0 Å². The Kier molecular flexibility index (Phi) is 3.27. The molecule has 0 aromatic heterocycles. The van der Waals surface area contributed by atoms with Gasteiger partial charge in [-0.1, -0.05) is 0 Å². The predicted molar refractivity (Wildman–Crippen MR) is 91.1 cm³/mol. The van der Waals surface area contributed by atoms with Gasteiger partial charge >= 0.3 is 0 Å². The third-order valence-corrected chi connectivity index (χ3v) is 7.00. The van der Waals surface area contributed by atoms with Crippen LogP contribution in [0.4, 0.5) is 0 Å². The van der Waals surface area contributed by atoms with E-state index >= 15 is 0 Å². The molecule has 4 saturated heterocycles. The Hall–Kier alpha value is -0.160. The normalized spacial score (nSPS) is 45.4. The Labute approximate surface area is 136 Å². The van der Waals surface area contributed by atoms with Crippen LogP contribution in [0, 0.1) is 5.41 Å². The molecule has 0 aromatic rings. The number of nitrogens with zero attached hydrogens (tertiary/aromatic N) is 2. The maximum absolute atomic E-state index is 4.00. The highest BCUT2D eigenvalue weighted by molar-refractivity contribution is 5.20. The molecule has 126 valence electrons. The van der Waals surface area contributed by atoms with Gasteiger partial charge in [0.15, 0.2) is 0 Å². The van der Waals surface area contributed by atoms with E-state index in [0.717, 1.165) is 12.6 Å². The molecule has 4 rings (SSSR count). The molecule has 0 radical (unpaired) electrons. The van der Waals surface area contributed by atoms with E-state index in [4.69, 9.17) is 0 Å². The molecule has 4 heterocycles. The summed E-state index contributed by atoms with van der Waals surface area (Å²) >= 11 is 0. The van der Waals surface area contributed by atoms with E-state index < -0.39 is 0 Å². The minimum absolute atomic E-state index is 0.294. The summed E-state index contributed by atoms with van der Waals surface area (Å²) in [5.41, 5.74) is 1.13. The van der Waals surface area contributed by atoms with Crippen molar-refractivity contribution in [2.75, 3.05) is 32.7 Å². The average Bonchev–Trinajstić information content (AvgIpc) is 2.81. The molecule has 22 heavy (non-hydrogen) atoms. The molecule has 2 bridgehead atoms. The summed E-state index contributed by atoms with van der Waals surface area (Å²) in [5, 5.41) is 7.68. The van der Waals surface area contributed by atoms with Gasteiger partial charge < -0.3 is 10.6 Å². The van der Waals surface area contributed by atoms with E-state index in [1.807, 2.05) is 0 Å². The third kappa shape index (κ3) is 2.10. The molecular formula is C18H34N4. The van der Waals surface area contributed by atoms with Gasteiger partial charge in [-0.05, 0) is 47.5 Å². The highest BCUT2D eigenvalue weighted by Gasteiger charge is 2.63. The van der Waals surface area contributed by atoms with Crippen molar-refractivity contribution >= 4 is 0 Å². The van der Waals surface area contributed by atoms with Crippen LogP contribution in [0.25, 0.3) is 0 Å². The van der Waals surface area contributed by atoms with Gasteiger partial charge in [0.1, 0.15) is 0 Å². The second kappa shape index (κ2) is 4.69. The summed E-state index contributed by atoms with van der Waals surface area (Å²) in [7, 11) is 0. The number of piperazine rings is 2. The van der Waals surface area contributed by atoms with Gasteiger partial charge in [-0.15, -0.1) is 0 Å². The van der Waals surface area contributed by atoms with Crippen LogP contribution in [0.15, 0.2) is 0 Å². The van der Waals surface area contributed by atoms with Gasteiger partial charge in [0.2, 0.25) is 0 Å². The van der Waals surface area contributed by atoms with Crippen LogP contribution in [-0.4, -0.2) is 71.7 Å². The lowest BCUT2D eigenvalue weighted by atomic mass is 9.71. The lowest BCUT2D eigenvalue weighted by molar-refractivity contribution is 0.0547. The molecule has 4 nitrogen and oxygen atoms in total. The van der Waals surface area contributed by atoms with Crippen LogP contribution in [0.2, 0.25) is 0 Å². The van der Waals surface area contributed by atoms with Crippen molar-refractivity contribution < 1.29 is 0 Å². The summed E-state index contributed by atoms with van der Waals surface area (Å²) in [4.78, 5) is 5.55. The first-order chi connectivity index (χ1) is 10.2. The van der Waals surface area contributed by atoms with E-state index in [1.165, 1.54) is 39.0 Å². The maximum atomic E-state index is 4.00. The van der Waals surface area contributed by atoms with Crippen LogP contribution in [0.1, 0.15) is 47.5 Å². The van der Waals surface area contributed by atoms with Crippen LogP contribution in [0.3, 0.4) is 0 Å².